The molecule has 1 aromatic heterocycles. The zero-order valence-electron chi connectivity index (χ0n) is 10.9. The lowest BCUT2D eigenvalue weighted by atomic mass is 10.3. The minimum absolute atomic E-state index is 0.158. The van der Waals surface area contributed by atoms with Crippen LogP contribution in [-0.4, -0.2) is 44.9 Å². The topological polar surface area (TPSA) is 84.4 Å². The molecule has 0 saturated carbocycles. The van der Waals surface area contributed by atoms with Crippen LogP contribution in [0.1, 0.15) is 16.9 Å². The van der Waals surface area contributed by atoms with Gasteiger partial charge in [0.25, 0.3) is 5.91 Å². The number of para-hydroxylation sites is 2. The maximum Gasteiger partial charge on any atom is 0.274 e. The summed E-state index contributed by atoms with van der Waals surface area (Å²) >= 11 is 0. The number of rotatable bonds is 2. The molecule has 6 nitrogen and oxygen atoms in total. The van der Waals surface area contributed by atoms with E-state index in [0.29, 0.717) is 30.9 Å². The molecule has 6 heteroatoms. The van der Waals surface area contributed by atoms with Crippen molar-refractivity contribution in [1.82, 2.24) is 14.7 Å². The number of hydrogen-bond donors (Lipinski definition) is 2. The fourth-order valence-corrected chi connectivity index (χ4v) is 2.36. The van der Waals surface area contributed by atoms with Crippen LogP contribution in [0.5, 0.6) is 0 Å². The highest BCUT2D eigenvalue weighted by Gasteiger charge is 2.26. The van der Waals surface area contributed by atoms with Crippen molar-refractivity contribution in [3.8, 4) is 5.69 Å². The van der Waals surface area contributed by atoms with Crippen LogP contribution in [0.25, 0.3) is 5.69 Å². The van der Waals surface area contributed by atoms with Gasteiger partial charge in [-0.2, -0.15) is 5.10 Å². The zero-order valence-corrected chi connectivity index (χ0v) is 10.9. The molecule has 2 aromatic rings. The molecule has 1 aliphatic heterocycles. The van der Waals surface area contributed by atoms with Gasteiger partial charge in [-0.3, -0.25) is 4.79 Å². The number of carbonyl (C=O) groups excluding carboxylic acids is 1. The van der Waals surface area contributed by atoms with Crippen LogP contribution in [0.4, 0.5) is 5.69 Å². The maximum absolute atomic E-state index is 12.2. The number of aliphatic hydroxyl groups excluding tert-OH is 1. The normalized spacial score (nSPS) is 18.4. The summed E-state index contributed by atoms with van der Waals surface area (Å²) in [6.45, 7) is 0.944. The van der Waals surface area contributed by atoms with Gasteiger partial charge >= 0.3 is 0 Å². The third kappa shape index (κ3) is 2.25. The lowest BCUT2D eigenvalue weighted by Gasteiger charge is -2.13. The number of carbonyl (C=O) groups is 1. The number of likely N-dealkylation sites (tertiary alicyclic amines) is 1. The molecule has 20 heavy (non-hydrogen) atoms. The Hall–Kier alpha value is -2.34. The largest absolute Gasteiger partial charge is 0.397 e. The molecule has 1 aliphatic rings. The van der Waals surface area contributed by atoms with E-state index in [1.54, 1.807) is 27.9 Å². The molecule has 1 atom stereocenters. The van der Waals surface area contributed by atoms with Crippen molar-refractivity contribution in [3.63, 3.8) is 0 Å². The monoisotopic (exact) mass is 272 g/mol. The predicted molar refractivity (Wildman–Crippen MR) is 74.5 cm³/mol. The summed E-state index contributed by atoms with van der Waals surface area (Å²) in [4.78, 5) is 13.8. The summed E-state index contributed by atoms with van der Waals surface area (Å²) in [5.74, 6) is -0.158. The summed E-state index contributed by atoms with van der Waals surface area (Å²) in [6.07, 6.45) is 1.91. The van der Waals surface area contributed by atoms with Gasteiger partial charge in [-0.15, -0.1) is 0 Å². The smallest absolute Gasteiger partial charge is 0.274 e. The second-order valence-electron chi connectivity index (χ2n) is 4.90. The summed E-state index contributed by atoms with van der Waals surface area (Å²) in [5.41, 5.74) is 7.60. The van der Waals surface area contributed by atoms with Gasteiger partial charge in [0.05, 0.1) is 17.5 Å². The van der Waals surface area contributed by atoms with Crippen LogP contribution < -0.4 is 5.73 Å². The molecular weight excluding hydrogens is 256 g/mol. The molecule has 3 N–H and O–H groups in total. The van der Waals surface area contributed by atoms with Crippen LogP contribution >= 0.6 is 0 Å². The van der Waals surface area contributed by atoms with Crippen LogP contribution in [-0.2, 0) is 0 Å². The van der Waals surface area contributed by atoms with Crippen molar-refractivity contribution in [2.45, 2.75) is 12.5 Å². The number of aromatic nitrogens is 2. The van der Waals surface area contributed by atoms with Crippen molar-refractivity contribution in [2.24, 2.45) is 0 Å². The molecule has 3 rings (SSSR count). The van der Waals surface area contributed by atoms with Crippen LogP contribution in [0, 0.1) is 0 Å². The van der Waals surface area contributed by atoms with Gasteiger partial charge in [-0.05, 0) is 24.6 Å². The number of nitrogen functional groups attached to an aromatic ring is 1. The zero-order chi connectivity index (χ0) is 14.1. The molecular formula is C14H16N4O2. The summed E-state index contributed by atoms with van der Waals surface area (Å²) in [7, 11) is 0. The lowest BCUT2D eigenvalue weighted by Crippen LogP contribution is -2.29. The van der Waals surface area contributed by atoms with Crippen molar-refractivity contribution in [3.05, 3.63) is 42.2 Å². The first-order valence-corrected chi connectivity index (χ1v) is 6.53. The highest BCUT2D eigenvalue weighted by atomic mass is 16.3. The second-order valence-corrected chi connectivity index (χ2v) is 4.90. The predicted octanol–water partition coefficient (Wildman–Crippen LogP) is 0.661. The number of β-amino-alcohol motifs (C(OH)–C–C–N with tert-alkyl or cyclic N) is 1. The first kappa shape index (κ1) is 12.7. The SMILES string of the molecule is Nc1ccccc1-n1ccc(C(=O)N2CC[C@@H](O)C2)n1. The van der Waals surface area contributed by atoms with Gasteiger partial charge in [0, 0.05) is 19.3 Å². The highest BCUT2D eigenvalue weighted by Crippen LogP contribution is 2.17. The van der Waals surface area contributed by atoms with Crippen LogP contribution in [0.3, 0.4) is 0 Å². The van der Waals surface area contributed by atoms with E-state index in [2.05, 4.69) is 5.10 Å². The first-order valence-electron chi connectivity index (χ1n) is 6.53. The quantitative estimate of drug-likeness (QED) is 0.787. The molecule has 0 bridgehead atoms. The molecule has 1 aromatic carbocycles. The maximum atomic E-state index is 12.2. The number of anilines is 1. The molecule has 104 valence electrons. The number of hydrogen-bond acceptors (Lipinski definition) is 4. The summed E-state index contributed by atoms with van der Waals surface area (Å²) in [5, 5.41) is 13.8. The second kappa shape index (κ2) is 4.97. The summed E-state index contributed by atoms with van der Waals surface area (Å²) in [6, 6.07) is 9.01. The van der Waals surface area contributed by atoms with E-state index in [1.165, 1.54) is 0 Å². The number of aliphatic hydroxyl groups is 1. The molecule has 1 amide bonds. The Bertz CT molecular complexity index is 638. The fraction of sp³-hybridized carbons (Fsp3) is 0.286. The Morgan fingerprint density at radius 3 is 2.85 bits per heavy atom. The van der Waals surface area contributed by atoms with Crippen molar-refractivity contribution >= 4 is 11.6 Å². The molecule has 0 radical (unpaired) electrons. The van der Waals surface area contributed by atoms with E-state index >= 15 is 0 Å². The Kier molecular flexibility index (Phi) is 3.15. The van der Waals surface area contributed by atoms with E-state index < -0.39 is 6.10 Å². The van der Waals surface area contributed by atoms with Gasteiger partial charge in [-0.25, -0.2) is 4.68 Å². The van der Waals surface area contributed by atoms with Crippen molar-refractivity contribution < 1.29 is 9.90 Å². The Labute approximate surface area is 116 Å². The van der Waals surface area contributed by atoms with Gasteiger partial charge < -0.3 is 15.7 Å². The Morgan fingerprint density at radius 1 is 1.35 bits per heavy atom. The van der Waals surface area contributed by atoms with E-state index in [1.807, 2.05) is 18.2 Å². The lowest BCUT2D eigenvalue weighted by molar-refractivity contribution is 0.0759. The minimum Gasteiger partial charge on any atom is -0.397 e. The van der Waals surface area contributed by atoms with E-state index in [-0.39, 0.29) is 5.91 Å². The third-order valence-corrected chi connectivity index (χ3v) is 3.44. The van der Waals surface area contributed by atoms with E-state index in [9.17, 15) is 9.90 Å². The summed E-state index contributed by atoms with van der Waals surface area (Å²) < 4.78 is 1.59. The molecule has 1 fully saturated rings. The Balaban J connectivity index is 1.84. The first-order chi connectivity index (χ1) is 9.65. The number of amides is 1. The van der Waals surface area contributed by atoms with Crippen LogP contribution in [0.2, 0.25) is 0 Å². The number of nitrogens with two attached hydrogens (primary N) is 1. The highest BCUT2D eigenvalue weighted by molar-refractivity contribution is 5.92. The molecule has 2 heterocycles. The molecule has 1 saturated heterocycles. The van der Waals surface area contributed by atoms with Crippen molar-refractivity contribution in [1.29, 1.82) is 0 Å². The van der Waals surface area contributed by atoms with Crippen LogP contribution in [0.15, 0.2) is 36.5 Å². The van der Waals surface area contributed by atoms with Gasteiger partial charge in [-0.1, -0.05) is 12.1 Å². The fourth-order valence-electron chi connectivity index (χ4n) is 2.36. The number of nitrogens with zero attached hydrogens (tertiary/aromatic N) is 3. The number of benzene rings is 1. The van der Waals surface area contributed by atoms with E-state index in [0.717, 1.165) is 5.69 Å². The molecule has 0 spiro atoms. The average molecular weight is 272 g/mol. The molecule has 0 unspecified atom stereocenters. The van der Waals surface area contributed by atoms with Crippen molar-refractivity contribution in [2.75, 3.05) is 18.8 Å². The molecule has 0 aliphatic carbocycles. The third-order valence-electron chi connectivity index (χ3n) is 3.44. The van der Waals surface area contributed by atoms with E-state index in [4.69, 9.17) is 5.73 Å². The van der Waals surface area contributed by atoms with Gasteiger partial charge in [0.15, 0.2) is 5.69 Å². The van der Waals surface area contributed by atoms with Gasteiger partial charge in [0.1, 0.15) is 0 Å². The average Bonchev–Trinajstić information content (AvgIpc) is 3.07. The minimum atomic E-state index is -0.425. The Morgan fingerprint density at radius 2 is 2.15 bits per heavy atom. The standard InChI is InChI=1S/C14H16N4O2/c15-11-3-1-2-4-13(11)18-8-6-12(16-18)14(20)17-7-5-10(19)9-17/h1-4,6,8,10,19H,5,7,9,15H2/t10-/m1/s1. The van der Waals surface area contributed by atoms with Gasteiger partial charge in [0.2, 0.25) is 0 Å².